The highest BCUT2D eigenvalue weighted by molar-refractivity contribution is 5.59. The number of H-pyrrole nitrogens is 1. The van der Waals surface area contributed by atoms with E-state index in [4.69, 9.17) is 24.9 Å². The molecule has 31 heavy (non-hydrogen) atoms. The summed E-state index contributed by atoms with van der Waals surface area (Å²) in [6.07, 6.45) is 0.683. The summed E-state index contributed by atoms with van der Waals surface area (Å²) in [6.45, 7) is 1.84. The van der Waals surface area contributed by atoms with E-state index in [-0.39, 0.29) is 5.56 Å². The summed E-state index contributed by atoms with van der Waals surface area (Å²) in [5, 5.41) is 0. The Bertz CT molecular complexity index is 1120. The number of nitrogens with two attached hydrogens (primary N) is 1. The monoisotopic (exact) mass is 422 g/mol. The Morgan fingerprint density at radius 2 is 1.74 bits per heavy atom. The molecule has 1 aliphatic rings. The van der Waals surface area contributed by atoms with Crippen LogP contribution in [0.15, 0.2) is 41.2 Å². The smallest absolute Gasteiger partial charge is 0.255 e. The molecule has 2 heterocycles. The number of rotatable bonds is 6. The lowest BCUT2D eigenvalue weighted by Gasteiger charge is -2.29. The molecule has 4 rings (SSSR count). The lowest BCUT2D eigenvalue weighted by molar-refractivity contribution is 0.233. The summed E-state index contributed by atoms with van der Waals surface area (Å²) in [5.41, 5.74) is 9.59. The Morgan fingerprint density at radius 1 is 1.06 bits per heavy atom. The van der Waals surface area contributed by atoms with E-state index >= 15 is 0 Å². The maximum Gasteiger partial charge on any atom is 0.255 e. The van der Waals surface area contributed by atoms with Crippen LogP contribution in [-0.2, 0) is 19.5 Å². The predicted molar refractivity (Wildman–Crippen MR) is 119 cm³/mol. The van der Waals surface area contributed by atoms with E-state index < -0.39 is 0 Å². The number of anilines is 1. The topological polar surface area (TPSA) is 103 Å². The van der Waals surface area contributed by atoms with E-state index in [9.17, 15) is 4.79 Å². The van der Waals surface area contributed by atoms with Gasteiger partial charge in [-0.1, -0.05) is 0 Å². The first-order valence-electron chi connectivity index (χ1n) is 10.0. The van der Waals surface area contributed by atoms with Gasteiger partial charge >= 0.3 is 0 Å². The summed E-state index contributed by atoms with van der Waals surface area (Å²) in [4.78, 5) is 22.7. The molecule has 0 spiro atoms. The molecule has 8 nitrogen and oxygen atoms in total. The van der Waals surface area contributed by atoms with Crippen LogP contribution >= 0.6 is 0 Å². The minimum atomic E-state index is -0.116. The quantitative estimate of drug-likeness (QED) is 0.589. The van der Waals surface area contributed by atoms with Crippen LogP contribution in [0.5, 0.6) is 17.2 Å². The van der Waals surface area contributed by atoms with Crippen molar-refractivity contribution in [2.24, 2.45) is 0 Å². The highest BCUT2D eigenvalue weighted by atomic mass is 16.5. The first-order chi connectivity index (χ1) is 15.0. The van der Waals surface area contributed by atoms with Crippen LogP contribution in [0.25, 0.3) is 11.4 Å². The van der Waals surface area contributed by atoms with Crippen molar-refractivity contribution in [3.8, 4) is 28.6 Å². The molecule has 0 radical (unpaired) electrons. The van der Waals surface area contributed by atoms with E-state index in [2.05, 4.69) is 9.88 Å². The van der Waals surface area contributed by atoms with Crippen molar-refractivity contribution >= 4 is 5.69 Å². The summed E-state index contributed by atoms with van der Waals surface area (Å²) in [5.74, 6) is 2.61. The van der Waals surface area contributed by atoms with Crippen LogP contribution in [0, 0.1) is 0 Å². The first-order valence-corrected chi connectivity index (χ1v) is 10.0. The number of aromatic nitrogens is 2. The molecule has 1 aromatic heterocycles. The SMILES string of the molecule is COc1cc(OC)c(CN2CCc3nc(-c4ccc(N)cc4)[nH]c(=O)c3C2)c(OC)c1. The molecule has 3 aromatic rings. The van der Waals surface area contributed by atoms with E-state index in [1.54, 1.807) is 33.5 Å². The Labute approximate surface area is 180 Å². The van der Waals surface area contributed by atoms with E-state index in [1.165, 1.54) is 0 Å². The van der Waals surface area contributed by atoms with Gasteiger partial charge < -0.3 is 24.9 Å². The highest BCUT2D eigenvalue weighted by Gasteiger charge is 2.24. The standard InChI is InChI=1S/C23H26N4O4/c1-29-16-10-20(30-2)18(21(11-16)31-3)13-27-9-8-19-17(12-27)23(28)26-22(25-19)14-4-6-15(24)7-5-14/h4-7,10-11H,8-9,12-13,24H2,1-3H3,(H,25,26,28). The third kappa shape index (κ3) is 4.20. The fourth-order valence-corrected chi connectivity index (χ4v) is 3.85. The Balaban J connectivity index is 1.60. The molecule has 0 amide bonds. The summed E-state index contributed by atoms with van der Waals surface area (Å²) >= 11 is 0. The maximum atomic E-state index is 12.8. The molecule has 162 valence electrons. The second kappa shape index (κ2) is 8.69. The zero-order valence-electron chi connectivity index (χ0n) is 17.9. The molecule has 2 aromatic carbocycles. The predicted octanol–water partition coefficient (Wildman–Crippen LogP) is 2.60. The number of benzene rings is 2. The fraction of sp³-hybridized carbons (Fsp3) is 0.304. The molecule has 3 N–H and O–H groups in total. The lowest BCUT2D eigenvalue weighted by atomic mass is 10.0. The van der Waals surface area contributed by atoms with Crippen LogP contribution in [0.3, 0.4) is 0 Å². The second-order valence-corrected chi connectivity index (χ2v) is 7.43. The zero-order valence-corrected chi connectivity index (χ0v) is 17.9. The van der Waals surface area contributed by atoms with Gasteiger partial charge in [0, 0.05) is 49.4 Å². The Kier molecular flexibility index (Phi) is 5.81. The van der Waals surface area contributed by atoms with E-state index in [0.29, 0.717) is 53.8 Å². The van der Waals surface area contributed by atoms with Gasteiger partial charge in [0.1, 0.15) is 23.1 Å². The van der Waals surface area contributed by atoms with Gasteiger partial charge in [0.2, 0.25) is 0 Å². The number of nitrogen functional groups attached to an aromatic ring is 1. The first kappa shape index (κ1) is 20.7. The number of nitrogens with zero attached hydrogens (tertiary/aromatic N) is 2. The number of aromatic amines is 1. The summed E-state index contributed by atoms with van der Waals surface area (Å²) in [7, 11) is 4.85. The van der Waals surface area contributed by atoms with Crippen LogP contribution < -0.4 is 25.5 Å². The van der Waals surface area contributed by atoms with Crippen molar-refractivity contribution in [2.75, 3.05) is 33.6 Å². The molecular weight excluding hydrogens is 396 g/mol. The van der Waals surface area contributed by atoms with Gasteiger partial charge in [-0.05, 0) is 24.3 Å². The highest BCUT2D eigenvalue weighted by Crippen LogP contribution is 2.35. The van der Waals surface area contributed by atoms with Gasteiger partial charge in [0.05, 0.1) is 38.2 Å². The van der Waals surface area contributed by atoms with Gasteiger partial charge in [-0.15, -0.1) is 0 Å². The van der Waals surface area contributed by atoms with Crippen LogP contribution in [0.2, 0.25) is 0 Å². The van der Waals surface area contributed by atoms with Crippen molar-refractivity contribution < 1.29 is 14.2 Å². The fourth-order valence-electron chi connectivity index (χ4n) is 3.85. The molecule has 0 saturated carbocycles. The van der Waals surface area contributed by atoms with E-state index in [0.717, 1.165) is 23.4 Å². The van der Waals surface area contributed by atoms with Crippen molar-refractivity contribution in [1.29, 1.82) is 0 Å². The largest absolute Gasteiger partial charge is 0.496 e. The number of methoxy groups -OCH3 is 3. The molecule has 0 saturated heterocycles. The van der Waals surface area contributed by atoms with Crippen molar-refractivity contribution in [1.82, 2.24) is 14.9 Å². The number of hydrogen-bond donors (Lipinski definition) is 2. The molecule has 8 heteroatoms. The van der Waals surface area contributed by atoms with Crippen molar-refractivity contribution in [3.63, 3.8) is 0 Å². The third-order valence-electron chi connectivity index (χ3n) is 5.53. The maximum absolute atomic E-state index is 12.8. The molecule has 0 unspecified atom stereocenters. The van der Waals surface area contributed by atoms with Crippen molar-refractivity contribution in [3.05, 3.63) is 63.6 Å². The molecule has 0 fully saturated rings. The van der Waals surface area contributed by atoms with Gasteiger partial charge in [0.15, 0.2) is 0 Å². The van der Waals surface area contributed by atoms with Crippen molar-refractivity contribution in [2.45, 2.75) is 19.5 Å². The molecule has 0 atom stereocenters. The van der Waals surface area contributed by atoms with Gasteiger partial charge in [-0.2, -0.15) is 0 Å². The van der Waals surface area contributed by atoms with Gasteiger partial charge in [-0.3, -0.25) is 9.69 Å². The number of nitrogens with one attached hydrogen (secondary N) is 1. The number of hydrogen-bond acceptors (Lipinski definition) is 7. The number of fused-ring (bicyclic) bond motifs is 1. The summed E-state index contributed by atoms with van der Waals surface area (Å²) < 4.78 is 16.5. The molecular formula is C23H26N4O4. The molecule has 0 aliphatic carbocycles. The summed E-state index contributed by atoms with van der Waals surface area (Å²) in [6, 6.07) is 11.0. The molecule has 1 aliphatic heterocycles. The second-order valence-electron chi connectivity index (χ2n) is 7.43. The minimum Gasteiger partial charge on any atom is -0.496 e. The normalized spacial score (nSPS) is 13.5. The van der Waals surface area contributed by atoms with Gasteiger partial charge in [-0.25, -0.2) is 4.98 Å². The van der Waals surface area contributed by atoms with Crippen LogP contribution in [0.4, 0.5) is 5.69 Å². The van der Waals surface area contributed by atoms with Crippen LogP contribution in [-0.4, -0.2) is 42.7 Å². The molecule has 0 bridgehead atoms. The zero-order chi connectivity index (χ0) is 22.0. The average molecular weight is 422 g/mol. The Morgan fingerprint density at radius 3 is 2.35 bits per heavy atom. The van der Waals surface area contributed by atoms with E-state index in [1.807, 2.05) is 24.3 Å². The van der Waals surface area contributed by atoms with Gasteiger partial charge in [0.25, 0.3) is 5.56 Å². The minimum absolute atomic E-state index is 0.116. The van der Waals surface area contributed by atoms with Crippen LogP contribution in [0.1, 0.15) is 16.8 Å². The Hall–Kier alpha value is -3.52. The number of ether oxygens (including phenoxy) is 3. The third-order valence-corrected chi connectivity index (χ3v) is 5.53. The lowest BCUT2D eigenvalue weighted by Crippen LogP contribution is -2.35. The average Bonchev–Trinajstić information content (AvgIpc) is 2.79.